The highest BCUT2D eigenvalue weighted by Gasteiger charge is 2.21. The lowest BCUT2D eigenvalue weighted by Crippen LogP contribution is -2.50. The summed E-state index contributed by atoms with van der Waals surface area (Å²) in [7, 11) is 0. The molecular formula is C24H27N5O4. The minimum atomic E-state index is -0.321. The van der Waals surface area contributed by atoms with E-state index in [2.05, 4.69) is 26.1 Å². The van der Waals surface area contributed by atoms with Gasteiger partial charge >= 0.3 is 0 Å². The van der Waals surface area contributed by atoms with E-state index in [0.29, 0.717) is 28.7 Å². The highest BCUT2D eigenvalue weighted by atomic mass is 16.5. The highest BCUT2D eigenvalue weighted by Crippen LogP contribution is 2.24. The molecule has 1 aliphatic heterocycles. The summed E-state index contributed by atoms with van der Waals surface area (Å²) in [6, 6.07) is 12.2. The summed E-state index contributed by atoms with van der Waals surface area (Å²) in [4.78, 5) is 28.9. The number of benzene rings is 1. The van der Waals surface area contributed by atoms with Crippen molar-refractivity contribution in [3.05, 3.63) is 65.7 Å². The second kappa shape index (κ2) is 9.41. The van der Waals surface area contributed by atoms with Crippen LogP contribution >= 0.6 is 0 Å². The smallest absolute Gasteiger partial charge is 0.274 e. The Hall–Kier alpha value is -3.72. The predicted octanol–water partition coefficient (Wildman–Crippen LogP) is 3.15. The molecule has 172 valence electrons. The van der Waals surface area contributed by atoms with Crippen LogP contribution in [0.3, 0.4) is 0 Å². The van der Waals surface area contributed by atoms with Gasteiger partial charge in [-0.2, -0.15) is 0 Å². The number of nitrogens with one attached hydrogen (secondary N) is 3. The molecule has 1 fully saturated rings. The Morgan fingerprint density at radius 2 is 1.88 bits per heavy atom. The van der Waals surface area contributed by atoms with Crippen molar-refractivity contribution in [1.29, 1.82) is 0 Å². The molecule has 0 atom stereocenters. The van der Waals surface area contributed by atoms with Crippen molar-refractivity contribution >= 4 is 23.3 Å². The molecule has 9 heteroatoms. The number of rotatable bonds is 7. The van der Waals surface area contributed by atoms with Crippen molar-refractivity contribution in [2.45, 2.75) is 38.7 Å². The van der Waals surface area contributed by atoms with E-state index in [9.17, 15) is 9.59 Å². The van der Waals surface area contributed by atoms with Gasteiger partial charge in [-0.15, -0.1) is 0 Å². The number of hydrogen-bond acceptors (Lipinski definition) is 7. The van der Waals surface area contributed by atoms with E-state index in [4.69, 9.17) is 9.26 Å². The fraction of sp³-hybridized carbons (Fsp3) is 0.333. The van der Waals surface area contributed by atoms with Gasteiger partial charge in [0.15, 0.2) is 5.82 Å². The van der Waals surface area contributed by atoms with Crippen LogP contribution < -0.4 is 20.7 Å². The molecule has 0 spiro atoms. The highest BCUT2D eigenvalue weighted by molar-refractivity contribution is 6.02. The fourth-order valence-corrected chi connectivity index (χ4v) is 3.08. The summed E-state index contributed by atoms with van der Waals surface area (Å²) in [6.07, 6.45) is 1.88. The molecule has 2 aromatic heterocycles. The number of aromatic nitrogens is 2. The monoisotopic (exact) mass is 449 g/mol. The molecule has 0 bridgehead atoms. The third-order valence-corrected chi connectivity index (χ3v) is 5.11. The second-order valence-corrected chi connectivity index (χ2v) is 8.98. The lowest BCUT2D eigenvalue weighted by molar-refractivity contribution is -0.115. The number of hydrogen-bond donors (Lipinski definition) is 3. The van der Waals surface area contributed by atoms with Gasteiger partial charge in [-0.25, -0.2) is 4.98 Å². The molecule has 3 aromatic rings. The quantitative estimate of drug-likeness (QED) is 0.507. The Morgan fingerprint density at radius 1 is 1.12 bits per heavy atom. The largest absolute Gasteiger partial charge is 0.486 e. The maximum absolute atomic E-state index is 12.4. The van der Waals surface area contributed by atoms with Crippen LogP contribution in [0.2, 0.25) is 0 Å². The van der Waals surface area contributed by atoms with Gasteiger partial charge in [0.2, 0.25) is 5.91 Å². The van der Waals surface area contributed by atoms with E-state index in [1.165, 1.54) is 0 Å². The number of amides is 2. The number of ether oxygens (including phenoxy) is 1. The third-order valence-electron chi connectivity index (χ3n) is 5.11. The number of carbonyl (C=O) groups excluding carboxylic acids is 2. The molecule has 4 rings (SSSR count). The first kappa shape index (κ1) is 22.5. The Labute approximate surface area is 191 Å². The molecule has 33 heavy (non-hydrogen) atoms. The molecule has 0 radical (unpaired) electrons. The summed E-state index contributed by atoms with van der Waals surface area (Å²) < 4.78 is 11.0. The maximum atomic E-state index is 12.4. The summed E-state index contributed by atoms with van der Waals surface area (Å²) in [5.74, 6) is 1.20. The molecule has 1 aromatic carbocycles. The van der Waals surface area contributed by atoms with Crippen molar-refractivity contribution in [2.75, 3.05) is 23.7 Å². The zero-order valence-corrected chi connectivity index (χ0v) is 18.8. The lowest BCUT2D eigenvalue weighted by atomic mass is 9.93. The summed E-state index contributed by atoms with van der Waals surface area (Å²) >= 11 is 0. The van der Waals surface area contributed by atoms with Crippen molar-refractivity contribution in [1.82, 2.24) is 15.5 Å². The lowest BCUT2D eigenvalue weighted by Gasteiger charge is -2.27. The number of nitrogens with zero attached hydrogens (tertiary/aromatic N) is 2. The van der Waals surface area contributed by atoms with Crippen LogP contribution in [-0.4, -0.2) is 41.1 Å². The standard InChI is InChI=1S/C24H27N5O4/c1-24(2,3)20-11-21(29-33-20)28-22(30)10-15-4-6-16(7-5-15)27-23(31)19-9-8-17(14-26-19)32-18-12-25-13-18/h4-9,11,14,18,25H,10,12-13H2,1-3H3,(H,27,31)(H,28,29,30). The van der Waals surface area contributed by atoms with Crippen LogP contribution in [0.1, 0.15) is 42.6 Å². The van der Waals surface area contributed by atoms with Gasteiger partial charge in [-0.05, 0) is 29.8 Å². The Balaban J connectivity index is 1.28. The number of carbonyl (C=O) groups is 2. The van der Waals surface area contributed by atoms with E-state index in [-0.39, 0.29) is 29.8 Å². The number of pyridine rings is 1. The van der Waals surface area contributed by atoms with Gasteiger partial charge in [0, 0.05) is 30.3 Å². The third kappa shape index (κ3) is 5.95. The number of anilines is 2. The van der Waals surface area contributed by atoms with Crippen molar-refractivity contribution in [2.24, 2.45) is 0 Å². The van der Waals surface area contributed by atoms with Gasteiger partial charge in [0.25, 0.3) is 5.91 Å². The van der Waals surface area contributed by atoms with E-state index >= 15 is 0 Å². The SMILES string of the molecule is CC(C)(C)c1cc(NC(=O)Cc2ccc(NC(=O)c3ccc(OC4CNC4)cn3)cc2)no1. The zero-order chi connectivity index (χ0) is 23.4. The molecular weight excluding hydrogens is 422 g/mol. The summed E-state index contributed by atoms with van der Waals surface area (Å²) in [5.41, 5.74) is 1.52. The predicted molar refractivity (Wildman–Crippen MR) is 123 cm³/mol. The average Bonchev–Trinajstić information content (AvgIpc) is 3.21. The van der Waals surface area contributed by atoms with Crippen LogP contribution in [0.5, 0.6) is 5.75 Å². The Bertz CT molecular complexity index is 1110. The molecule has 3 N–H and O–H groups in total. The van der Waals surface area contributed by atoms with E-state index in [1.807, 2.05) is 20.8 Å². The summed E-state index contributed by atoms with van der Waals surface area (Å²) in [6.45, 7) is 7.66. The normalized spacial score (nSPS) is 13.8. The van der Waals surface area contributed by atoms with Crippen LogP contribution in [0.4, 0.5) is 11.5 Å². The molecule has 0 unspecified atom stereocenters. The van der Waals surface area contributed by atoms with E-state index in [1.54, 1.807) is 48.7 Å². The van der Waals surface area contributed by atoms with Crippen LogP contribution in [0.15, 0.2) is 53.2 Å². The van der Waals surface area contributed by atoms with Crippen molar-refractivity contribution in [3.63, 3.8) is 0 Å². The minimum absolute atomic E-state index is 0.156. The average molecular weight is 450 g/mol. The van der Waals surface area contributed by atoms with Gasteiger partial charge < -0.3 is 25.2 Å². The molecule has 0 saturated carbocycles. The molecule has 9 nitrogen and oxygen atoms in total. The van der Waals surface area contributed by atoms with Gasteiger partial charge in [0.05, 0.1) is 12.6 Å². The summed E-state index contributed by atoms with van der Waals surface area (Å²) in [5, 5.41) is 12.6. The van der Waals surface area contributed by atoms with Gasteiger partial charge in [-0.1, -0.05) is 38.1 Å². The molecule has 2 amide bonds. The first-order valence-corrected chi connectivity index (χ1v) is 10.8. The topological polar surface area (TPSA) is 118 Å². The van der Waals surface area contributed by atoms with Gasteiger partial charge in [-0.3, -0.25) is 9.59 Å². The maximum Gasteiger partial charge on any atom is 0.274 e. The van der Waals surface area contributed by atoms with Crippen LogP contribution in [-0.2, 0) is 16.6 Å². The first-order valence-electron chi connectivity index (χ1n) is 10.8. The first-order chi connectivity index (χ1) is 15.8. The molecule has 1 saturated heterocycles. The fourth-order valence-electron chi connectivity index (χ4n) is 3.08. The van der Waals surface area contributed by atoms with Crippen molar-refractivity contribution in [3.8, 4) is 5.75 Å². The molecule has 1 aliphatic rings. The van der Waals surface area contributed by atoms with Crippen LogP contribution in [0, 0.1) is 0 Å². The van der Waals surface area contributed by atoms with E-state index < -0.39 is 0 Å². The Morgan fingerprint density at radius 3 is 2.45 bits per heavy atom. The minimum Gasteiger partial charge on any atom is -0.486 e. The van der Waals surface area contributed by atoms with E-state index in [0.717, 1.165) is 18.7 Å². The van der Waals surface area contributed by atoms with Gasteiger partial charge in [0.1, 0.15) is 23.3 Å². The zero-order valence-electron chi connectivity index (χ0n) is 18.8. The molecule has 3 heterocycles. The van der Waals surface area contributed by atoms with Crippen molar-refractivity contribution < 1.29 is 18.8 Å². The Kier molecular flexibility index (Phi) is 6.41. The second-order valence-electron chi connectivity index (χ2n) is 8.98. The molecule has 0 aliphatic carbocycles. The van der Waals surface area contributed by atoms with Crippen LogP contribution in [0.25, 0.3) is 0 Å².